The molecule has 0 saturated heterocycles. The third kappa shape index (κ3) is 5.71. The van der Waals surface area contributed by atoms with Gasteiger partial charge in [-0.1, -0.05) is 13.0 Å². The van der Waals surface area contributed by atoms with Crippen molar-refractivity contribution in [3.8, 4) is 0 Å². The second kappa shape index (κ2) is 9.34. The highest BCUT2D eigenvalue weighted by molar-refractivity contribution is 5.74. The molecule has 1 N–H and O–H groups in total. The molecule has 0 aliphatic heterocycles. The standard InChI is InChI=1S/C16H27N3O2/c1-4-9-18(10-7-15-6-5-8-17-13-15)16(21)19(11-12-20)14(2)3/h5-6,8,13-14,20H,4,7,9-12H2,1-3H3. The molecular formula is C16H27N3O2. The van der Waals surface area contributed by atoms with Crippen molar-refractivity contribution in [1.82, 2.24) is 14.8 Å². The first-order valence-electron chi connectivity index (χ1n) is 7.65. The number of amides is 2. The maximum Gasteiger partial charge on any atom is 0.320 e. The van der Waals surface area contributed by atoms with Crippen molar-refractivity contribution < 1.29 is 9.90 Å². The lowest BCUT2D eigenvalue weighted by Gasteiger charge is -2.33. The Morgan fingerprint density at radius 1 is 1.33 bits per heavy atom. The summed E-state index contributed by atoms with van der Waals surface area (Å²) in [5.41, 5.74) is 1.13. The van der Waals surface area contributed by atoms with Crippen LogP contribution in [0.4, 0.5) is 4.79 Å². The lowest BCUT2D eigenvalue weighted by Crippen LogP contribution is -2.48. The zero-order valence-electron chi connectivity index (χ0n) is 13.3. The van der Waals surface area contributed by atoms with Crippen molar-refractivity contribution in [1.29, 1.82) is 0 Å². The molecule has 0 aromatic carbocycles. The summed E-state index contributed by atoms with van der Waals surface area (Å²) < 4.78 is 0. The van der Waals surface area contributed by atoms with Gasteiger partial charge in [-0.2, -0.15) is 0 Å². The summed E-state index contributed by atoms with van der Waals surface area (Å²) in [5.74, 6) is 0. The number of hydrogen-bond donors (Lipinski definition) is 1. The number of urea groups is 1. The number of nitrogens with zero attached hydrogens (tertiary/aromatic N) is 3. The van der Waals surface area contributed by atoms with Gasteiger partial charge in [0, 0.05) is 38.1 Å². The van der Waals surface area contributed by atoms with Crippen LogP contribution in [-0.2, 0) is 6.42 Å². The highest BCUT2D eigenvalue weighted by Crippen LogP contribution is 2.07. The highest BCUT2D eigenvalue weighted by Gasteiger charge is 2.22. The SMILES string of the molecule is CCCN(CCc1cccnc1)C(=O)N(CCO)C(C)C. The molecule has 0 bridgehead atoms. The van der Waals surface area contributed by atoms with E-state index in [2.05, 4.69) is 11.9 Å². The molecule has 1 aromatic rings. The molecule has 1 rings (SSSR count). The average molecular weight is 293 g/mol. The Morgan fingerprint density at radius 3 is 2.62 bits per heavy atom. The molecule has 5 heteroatoms. The summed E-state index contributed by atoms with van der Waals surface area (Å²) in [5, 5.41) is 9.13. The Hall–Kier alpha value is -1.62. The first kappa shape index (κ1) is 17.4. The molecule has 0 radical (unpaired) electrons. The van der Waals surface area contributed by atoms with Gasteiger partial charge in [-0.15, -0.1) is 0 Å². The van der Waals surface area contributed by atoms with Crippen molar-refractivity contribution in [2.75, 3.05) is 26.2 Å². The highest BCUT2D eigenvalue weighted by atomic mass is 16.3. The van der Waals surface area contributed by atoms with Gasteiger partial charge in [0.15, 0.2) is 0 Å². The fourth-order valence-corrected chi connectivity index (χ4v) is 2.25. The van der Waals surface area contributed by atoms with E-state index in [9.17, 15) is 4.79 Å². The molecule has 21 heavy (non-hydrogen) atoms. The Balaban J connectivity index is 2.68. The number of rotatable bonds is 8. The van der Waals surface area contributed by atoms with E-state index < -0.39 is 0 Å². The number of hydrogen-bond acceptors (Lipinski definition) is 3. The van der Waals surface area contributed by atoms with Gasteiger partial charge in [-0.05, 0) is 38.3 Å². The predicted molar refractivity (Wildman–Crippen MR) is 84.1 cm³/mol. The number of carbonyl (C=O) groups excluding carboxylic acids is 1. The van der Waals surface area contributed by atoms with Crippen LogP contribution in [0.2, 0.25) is 0 Å². The lowest BCUT2D eigenvalue weighted by atomic mass is 10.2. The number of aliphatic hydroxyl groups is 1. The summed E-state index contributed by atoms with van der Waals surface area (Å²) in [6.45, 7) is 7.78. The third-order valence-electron chi connectivity index (χ3n) is 3.37. The van der Waals surface area contributed by atoms with Crippen LogP contribution in [-0.4, -0.2) is 58.2 Å². The molecule has 0 saturated carbocycles. The quantitative estimate of drug-likeness (QED) is 0.799. The van der Waals surface area contributed by atoms with E-state index in [1.807, 2.05) is 37.1 Å². The Kier molecular flexibility index (Phi) is 7.75. The number of aromatic nitrogens is 1. The van der Waals surface area contributed by atoms with E-state index >= 15 is 0 Å². The molecule has 0 aliphatic carbocycles. The topological polar surface area (TPSA) is 56.7 Å². The van der Waals surface area contributed by atoms with Gasteiger partial charge in [0.2, 0.25) is 0 Å². The van der Waals surface area contributed by atoms with Gasteiger partial charge in [-0.3, -0.25) is 4.98 Å². The molecule has 0 spiro atoms. The van der Waals surface area contributed by atoms with Crippen LogP contribution >= 0.6 is 0 Å². The minimum absolute atomic E-state index is 0.00444. The number of aliphatic hydroxyl groups excluding tert-OH is 1. The fraction of sp³-hybridized carbons (Fsp3) is 0.625. The largest absolute Gasteiger partial charge is 0.395 e. The predicted octanol–water partition coefficient (Wildman–Crippen LogP) is 2.16. The van der Waals surface area contributed by atoms with Crippen molar-refractivity contribution in [3.05, 3.63) is 30.1 Å². The second-order valence-corrected chi connectivity index (χ2v) is 5.39. The molecule has 0 aliphatic rings. The Labute approximate surface area is 127 Å². The van der Waals surface area contributed by atoms with Gasteiger partial charge in [-0.25, -0.2) is 4.79 Å². The number of carbonyl (C=O) groups is 1. The smallest absolute Gasteiger partial charge is 0.320 e. The van der Waals surface area contributed by atoms with E-state index in [1.54, 1.807) is 11.1 Å². The van der Waals surface area contributed by atoms with Gasteiger partial charge in [0.05, 0.1) is 6.61 Å². The Morgan fingerprint density at radius 2 is 2.10 bits per heavy atom. The first-order chi connectivity index (χ1) is 10.1. The summed E-state index contributed by atoms with van der Waals surface area (Å²) in [4.78, 5) is 20.3. The summed E-state index contributed by atoms with van der Waals surface area (Å²) in [6.07, 6.45) is 5.30. The zero-order chi connectivity index (χ0) is 15.7. The molecule has 118 valence electrons. The van der Waals surface area contributed by atoms with Crippen molar-refractivity contribution in [2.24, 2.45) is 0 Å². The van der Waals surface area contributed by atoms with Crippen LogP contribution in [0.15, 0.2) is 24.5 Å². The van der Waals surface area contributed by atoms with Gasteiger partial charge in [0.1, 0.15) is 0 Å². The van der Waals surface area contributed by atoms with Crippen LogP contribution in [0.25, 0.3) is 0 Å². The normalized spacial score (nSPS) is 10.7. The van der Waals surface area contributed by atoms with E-state index in [0.717, 1.165) is 24.9 Å². The molecular weight excluding hydrogens is 266 g/mol. The van der Waals surface area contributed by atoms with Crippen molar-refractivity contribution in [2.45, 2.75) is 39.7 Å². The molecule has 1 heterocycles. The van der Waals surface area contributed by atoms with E-state index in [0.29, 0.717) is 13.1 Å². The van der Waals surface area contributed by atoms with Crippen LogP contribution < -0.4 is 0 Å². The number of pyridine rings is 1. The van der Waals surface area contributed by atoms with E-state index in [1.165, 1.54) is 0 Å². The average Bonchev–Trinajstić information content (AvgIpc) is 2.49. The lowest BCUT2D eigenvalue weighted by molar-refractivity contribution is 0.126. The zero-order valence-corrected chi connectivity index (χ0v) is 13.3. The molecule has 0 atom stereocenters. The van der Waals surface area contributed by atoms with Gasteiger partial charge in [0.25, 0.3) is 0 Å². The minimum atomic E-state index is -0.00745. The molecule has 5 nitrogen and oxygen atoms in total. The third-order valence-corrected chi connectivity index (χ3v) is 3.37. The molecule has 1 aromatic heterocycles. The van der Waals surface area contributed by atoms with Crippen LogP contribution in [0.5, 0.6) is 0 Å². The van der Waals surface area contributed by atoms with Crippen LogP contribution in [0.3, 0.4) is 0 Å². The van der Waals surface area contributed by atoms with Crippen LogP contribution in [0.1, 0.15) is 32.8 Å². The summed E-state index contributed by atoms with van der Waals surface area (Å²) >= 11 is 0. The monoisotopic (exact) mass is 293 g/mol. The summed E-state index contributed by atoms with van der Waals surface area (Å²) in [7, 11) is 0. The summed E-state index contributed by atoms with van der Waals surface area (Å²) in [6, 6.07) is 4.02. The Bertz CT molecular complexity index is 409. The molecule has 0 fully saturated rings. The van der Waals surface area contributed by atoms with Crippen molar-refractivity contribution >= 4 is 6.03 Å². The maximum absolute atomic E-state index is 12.6. The maximum atomic E-state index is 12.6. The van der Waals surface area contributed by atoms with Crippen LogP contribution in [0, 0.1) is 0 Å². The fourth-order valence-electron chi connectivity index (χ4n) is 2.25. The van der Waals surface area contributed by atoms with Gasteiger partial charge < -0.3 is 14.9 Å². The second-order valence-electron chi connectivity index (χ2n) is 5.39. The molecule has 2 amide bonds. The van der Waals surface area contributed by atoms with E-state index in [4.69, 9.17) is 5.11 Å². The van der Waals surface area contributed by atoms with Crippen molar-refractivity contribution in [3.63, 3.8) is 0 Å². The van der Waals surface area contributed by atoms with Gasteiger partial charge >= 0.3 is 6.03 Å². The minimum Gasteiger partial charge on any atom is -0.395 e. The molecule has 0 unspecified atom stereocenters. The van der Waals surface area contributed by atoms with E-state index in [-0.39, 0.29) is 18.7 Å². The first-order valence-corrected chi connectivity index (χ1v) is 7.65.